The lowest BCUT2D eigenvalue weighted by Gasteiger charge is -2.27. The van der Waals surface area contributed by atoms with E-state index in [0.29, 0.717) is 5.92 Å². The summed E-state index contributed by atoms with van der Waals surface area (Å²) >= 11 is 0. The number of halogens is 3. The van der Waals surface area contributed by atoms with Crippen LogP contribution in [0, 0.1) is 0 Å². The van der Waals surface area contributed by atoms with Gasteiger partial charge in [0.2, 0.25) is 0 Å². The third-order valence-electron chi connectivity index (χ3n) is 3.31. The van der Waals surface area contributed by atoms with Gasteiger partial charge in [0.15, 0.2) is 0 Å². The first kappa shape index (κ1) is 12.4. The number of benzene rings is 1. The maximum Gasteiger partial charge on any atom is 0.409 e. The molecule has 0 saturated heterocycles. The maximum absolute atomic E-state index is 12.7. The minimum atomic E-state index is -4.37. The highest BCUT2D eigenvalue weighted by Gasteiger charge is 2.40. The van der Waals surface area contributed by atoms with Crippen LogP contribution in [0.15, 0.2) is 24.3 Å². The molecule has 1 saturated carbocycles. The minimum Gasteiger partial charge on any atom is -0.271 e. The largest absolute Gasteiger partial charge is 0.409 e. The fourth-order valence-electron chi connectivity index (χ4n) is 2.11. The molecule has 0 aromatic heterocycles. The molecule has 1 aliphatic rings. The molecular formula is C12H15F3N2. The topological polar surface area (TPSA) is 38.0 Å². The van der Waals surface area contributed by atoms with Crippen LogP contribution in [-0.4, -0.2) is 6.18 Å². The summed E-state index contributed by atoms with van der Waals surface area (Å²) in [4.78, 5) is 0. The van der Waals surface area contributed by atoms with Crippen molar-refractivity contribution in [2.24, 2.45) is 5.84 Å². The molecule has 2 nitrogen and oxygen atoms in total. The van der Waals surface area contributed by atoms with Crippen LogP contribution in [0.5, 0.6) is 0 Å². The monoisotopic (exact) mass is 244 g/mol. The lowest BCUT2D eigenvalue weighted by Crippen LogP contribution is -2.38. The molecule has 0 spiro atoms. The van der Waals surface area contributed by atoms with Gasteiger partial charge in [-0.2, -0.15) is 13.2 Å². The first-order valence-electron chi connectivity index (χ1n) is 5.65. The third-order valence-corrected chi connectivity index (χ3v) is 3.31. The second kappa shape index (κ2) is 4.66. The van der Waals surface area contributed by atoms with Gasteiger partial charge in [0, 0.05) is 0 Å². The van der Waals surface area contributed by atoms with E-state index in [4.69, 9.17) is 5.84 Å². The molecule has 1 fully saturated rings. The highest BCUT2D eigenvalue weighted by atomic mass is 19.4. The SMILES string of the molecule is NNC(c1cccc(C2CCC2)c1)C(F)(F)F. The summed E-state index contributed by atoms with van der Waals surface area (Å²) in [5, 5.41) is 0. The Morgan fingerprint density at radius 2 is 2.00 bits per heavy atom. The summed E-state index contributed by atoms with van der Waals surface area (Å²) in [6.07, 6.45) is -1.08. The quantitative estimate of drug-likeness (QED) is 0.633. The van der Waals surface area contributed by atoms with Gasteiger partial charge in [0.05, 0.1) is 0 Å². The number of nitrogens with two attached hydrogens (primary N) is 1. The third kappa shape index (κ3) is 2.61. The predicted octanol–water partition coefficient (Wildman–Crippen LogP) is 3.02. The highest BCUT2D eigenvalue weighted by Crippen LogP contribution is 2.38. The van der Waals surface area contributed by atoms with E-state index in [9.17, 15) is 13.2 Å². The van der Waals surface area contributed by atoms with Gasteiger partial charge in [-0.15, -0.1) is 0 Å². The number of rotatable bonds is 3. The molecule has 2 rings (SSSR count). The van der Waals surface area contributed by atoms with Crippen LogP contribution in [0.3, 0.4) is 0 Å². The molecule has 1 aromatic carbocycles. The molecular weight excluding hydrogens is 229 g/mol. The molecule has 0 radical (unpaired) electrons. The second-order valence-corrected chi connectivity index (χ2v) is 4.44. The number of hydrogen-bond acceptors (Lipinski definition) is 2. The molecule has 1 atom stereocenters. The summed E-state index contributed by atoms with van der Waals surface area (Å²) in [6, 6.07) is 4.83. The van der Waals surface area contributed by atoms with E-state index in [1.807, 2.05) is 11.5 Å². The lowest BCUT2D eigenvalue weighted by atomic mass is 9.79. The molecule has 0 bridgehead atoms. The summed E-state index contributed by atoms with van der Waals surface area (Å²) < 4.78 is 38.1. The zero-order chi connectivity index (χ0) is 12.5. The molecule has 1 aromatic rings. The molecule has 0 aliphatic heterocycles. The van der Waals surface area contributed by atoms with Crippen molar-refractivity contribution in [3.8, 4) is 0 Å². The van der Waals surface area contributed by atoms with Crippen LogP contribution in [-0.2, 0) is 0 Å². The Labute approximate surface area is 98.0 Å². The van der Waals surface area contributed by atoms with Crippen LogP contribution in [0.1, 0.15) is 42.3 Å². The van der Waals surface area contributed by atoms with Crippen molar-refractivity contribution in [1.82, 2.24) is 5.43 Å². The van der Waals surface area contributed by atoms with Crippen molar-refractivity contribution in [3.63, 3.8) is 0 Å². The summed E-state index contributed by atoms with van der Waals surface area (Å²) in [5.41, 5.74) is 3.00. The van der Waals surface area contributed by atoms with Crippen LogP contribution >= 0.6 is 0 Å². The second-order valence-electron chi connectivity index (χ2n) is 4.44. The van der Waals surface area contributed by atoms with Crippen LogP contribution < -0.4 is 11.3 Å². The molecule has 1 aliphatic carbocycles. The van der Waals surface area contributed by atoms with Gasteiger partial charge < -0.3 is 0 Å². The minimum absolute atomic E-state index is 0.185. The van der Waals surface area contributed by atoms with E-state index < -0.39 is 12.2 Å². The van der Waals surface area contributed by atoms with Gasteiger partial charge in [-0.25, -0.2) is 5.43 Å². The smallest absolute Gasteiger partial charge is 0.271 e. The van der Waals surface area contributed by atoms with Crippen molar-refractivity contribution in [3.05, 3.63) is 35.4 Å². The Kier molecular flexibility index (Phi) is 3.40. The molecule has 1 unspecified atom stereocenters. The number of hydrogen-bond donors (Lipinski definition) is 2. The average molecular weight is 244 g/mol. The van der Waals surface area contributed by atoms with Gasteiger partial charge in [0.25, 0.3) is 0 Å². The van der Waals surface area contributed by atoms with Crippen LogP contribution in [0.4, 0.5) is 13.2 Å². The standard InChI is InChI=1S/C12H15F3N2/c13-12(14,15)11(17-16)10-6-2-5-9(7-10)8-3-1-4-8/h2,5-8,11,17H,1,3-4,16H2. The first-order valence-corrected chi connectivity index (χ1v) is 5.65. The lowest BCUT2D eigenvalue weighted by molar-refractivity contribution is -0.157. The van der Waals surface area contributed by atoms with Crippen molar-refractivity contribution in [2.45, 2.75) is 37.4 Å². The molecule has 5 heteroatoms. The van der Waals surface area contributed by atoms with E-state index in [2.05, 4.69) is 0 Å². The molecule has 17 heavy (non-hydrogen) atoms. The summed E-state index contributed by atoms with van der Waals surface area (Å²) in [5.74, 6) is 5.41. The molecule has 94 valence electrons. The molecule has 3 N–H and O–H groups in total. The Morgan fingerprint density at radius 3 is 2.47 bits per heavy atom. The van der Waals surface area contributed by atoms with Crippen molar-refractivity contribution >= 4 is 0 Å². The van der Waals surface area contributed by atoms with Crippen LogP contribution in [0.2, 0.25) is 0 Å². The molecule has 0 heterocycles. The van der Waals surface area contributed by atoms with Crippen molar-refractivity contribution in [2.75, 3.05) is 0 Å². The fourth-order valence-corrected chi connectivity index (χ4v) is 2.11. The zero-order valence-corrected chi connectivity index (χ0v) is 9.30. The average Bonchev–Trinajstić information content (AvgIpc) is 2.14. The number of hydrazine groups is 1. The van der Waals surface area contributed by atoms with Gasteiger partial charge in [0.1, 0.15) is 6.04 Å². The zero-order valence-electron chi connectivity index (χ0n) is 9.30. The van der Waals surface area contributed by atoms with E-state index >= 15 is 0 Å². The van der Waals surface area contributed by atoms with Gasteiger partial charge in [-0.05, 0) is 29.9 Å². The fraction of sp³-hybridized carbons (Fsp3) is 0.500. The number of nitrogens with one attached hydrogen (secondary N) is 1. The summed E-state index contributed by atoms with van der Waals surface area (Å²) in [6.45, 7) is 0. The van der Waals surface area contributed by atoms with Gasteiger partial charge in [-0.3, -0.25) is 5.84 Å². The van der Waals surface area contributed by atoms with Crippen LogP contribution in [0.25, 0.3) is 0 Å². The first-order chi connectivity index (χ1) is 8.02. The maximum atomic E-state index is 12.7. The Balaban J connectivity index is 2.24. The molecule has 0 amide bonds. The van der Waals surface area contributed by atoms with E-state index in [1.54, 1.807) is 12.1 Å². The normalized spacial score (nSPS) is 18.8. The Bertz CT molecular complexity index is 386. The van der Waals surface area contributed by atoms with E-state index in [1.165, 1.54) is 6.07 Å². The Morgan fingerprint density at radius 1 is 1.29 bits per heavy atom. The van der Waals surface area contributed by atoms with Crippen molar-refractivity contribution in [1.29, 1.82) is 0 Å². The summed E-state index contributed by atoms with van der Waals surface area (Å²) in [7, 11) is 0. The van der Waals surface area contributed by atoms with E-state index in [0.717, 1.165) is 24.8 Å². The van der Waals surface area contributed by atoms with Crippen molar-refractivity contribution < 1.29 is 13.2 Å². The predicted molar refractivity (Wildman–Crippen MR) is 59.2 cm³/mol. The Hall–Kier alpha value is -1.07. The number of alkyl halides is 3. The van der Waals surface area contributed by atoms with Gasteiger partial charge in [-0.1, -0.05) is 30.7 Å². The van der Waals surface area contributed by atoms with E-state index in [-0.39, 0.29) is 5.56 Å². The van der Waals surface area contributed by atoms with Gasteiger partial charge >= 0.3 is 6.18 Å². The highest BCUT2D eigenvalue weighted by molar-refractivity contribution is 5.30.